The molecule has 1 aromatic heterocycles. The van der Waals surface area contributed by atoms with E-state index in [9.17, 15) is 13.2 Å². The Morgan fingerprint density at radius 2 is 1.44 bits per heavy atom. The van der Waals surface area contributed by atoms with Crippen molar-refractivity contribution in [3.8, 4) is 34.3 Å². The molecule has 0 bridgehead atoms. The third-order valence-electron chi connectivity index (χ3n) is 7.13. The summed E-state index contributed by atoms with van der Waals surface area (Å²) < 4.78 is 56.0. The number of hydrogen-bond acceptors (Lipinski definition) is 9. The topological polar surface area (TPSA) is 118 Å². The second-order valence-corrected chi connectivity index (χ2v) is 11.4. The fourth-order valence-electron chi connectivity index (χ4n) is 4.85. The zero-order chi connectivity index (χ0) is 30.6. The van der Waals surface area contributed by atoms with E-state index in [-0.39, 0.29) is 16.2 Å². The third-order valence-corrected chi connectivity index (χ3v) is 8.81. The van der Waals surface area contributed by atoms with Gasteiger partial charge in [-0.05, 0) is 66.7 Å². The maximum Gasteiger partial charge on any atom is 0.268 e. The highest BCUT2D eigenvalue weighted by Crippen LogP contribution is 2.42. The van der Waals surface area contributed by atoms with Crippen molar-refractivity contribution in [2.45, 2.75) is 4.90 Å². The van der Waals surface area contributed by atoms with Crippen molar-refractivity contribution in [1.82, 2.24) is 3.97 Å². The van der Waals surface area contributed by atoms with Crippen LogP contribution >= 0.6 is 0 Å². The molecule has 0 saturated carbocycles. The molecule has 5 rings (SSSR count). The van der Waals surface area contributed by atoms with Gasteiger partial charge in [-0.2, -0.15) is 0 Å². The first-order valence-corrected chi connectivity index (χ1v) is 14.9. The van der Waals surface area contributed by atoms with Crippen LogP contribution in [0, 0.1) is 0 Å². The minimum absolute atomic E-state index is 0.0169. The molecular weight excluding hydrogens is 574 g/mol. The molecule has 226 valence electrons. The van der Waals surface area contributed by atoms with Gasteiger partial charge in [0.1, 0.15) is 5.75 Å². The van der Waals surface area contributed by atoms with E-state index in [0.29, 0.717) is 47.5 Å². The Kier molecular flexibility index (Phi) is 8.78. The van der Waals surface area contributed by atoms with Crippen LogP contribution in [0.5, 0.6) is 23.0 Å². The predicted molar refractivity (Wildman–Crippen MR) is 163 cm³/mol. The molecule has 0 aliphatic carbocycles. The Bertz CT molecular complexity index is 1670. The summed E-state index contributed by atoms with van der Waals surface area (Å²) in [6, 6.07) is 18.3. The summed E-state index contributed by atoms with van der Waals surface area (Å²) in [5.74, 6) is 1.05. The number of amides is 1. The standard InChI is InChI=1S/C31H33N3O8S/c1-38-25-9-11-26(12-10-25)43(36,37)34-20-22(17-27(34)21-18-28(39-2)30(41-4)29(19-21)40-3)31(35)32-23-5-7-24(8-6-23)33-13-15-42-16-14-33/h5-12,17-20H,13-16H2,1-4H3,(H,32,35). The minimum atomic E-state index is -4.15. The van der Waals surface area contributed by atoms with E-state index >= 15 is 0 Å². The largest absolute Gasteiger partial charge is 0.497 e. The molecule has 0 spiro atoms. The van der Waals surface area contributed by atoms with Gasteiger partial charge in [0.05, 0.1) is 57.8 Å². The van der Waals surface area contributed by atoms with E-state index in [1.807, 2.05) is 24.3 Å². The lowest BCUT2D eigenvalue weighted by Crippen LogP contribution is -2.36. The summed E-state index contributed by atoms with van der Waals surface area (Å²) in [6.07, 6.45) is 1.30. The summed E-state index contributed by atoms with van der Waals surface area (Å²) in [6.45, 7) is 2.93. The van der Waals surface area contributed by atoms with Crippen LogP contribution in [0.1, 0.15) is 10.4 Å². The minimum Gasteiger partial charge on any atom is -0.497 e. The van der Waals surface area contributed by atoms with Gasteiger partial charge in [0, 0.05) is 36.2 Å². The molecule has 1 aliphatic heterocycles. The number of ether oxygens (including phenoxy) is 5. The number of rotatable bonds is 10. The lowest BCUT2D eigenvalue weighted by Gasteiger charge is -2.28. The molecule has 1 N–H and O–H groups in total. The van der Waals surface area contributed by atoms with E-state index in [4.69, 9.17) is 23.7 Å². The molecule has 0 unspecified atom stereocenters. The fraction of sp³-hybridized carbons (Fsp3) is 0.258. The van der Waals surface area contributed by atoms with Crippen LogP contribution in [0.15, 0.2) is 77.8 Å². The van der Waals surface area contributed by atoms with Gasteiger partial charge in [0.15, 0.2) is 11.5 Å². The highest BCUT2D eigenvalue weighted by Gasteiger charge is 2.26. The number of benzene rings is 3. The van der Waals surface area contributed by atoms with Gasteiger partial charge in [0.2, 0.25) is 5.75 Å². The molecule has 1 amide bonds. The van der Waals surface area contributed by atoms with Crippen molar-refractivity contribution >= 4 is 27.3 Å². The summed E-state index contributed by atoms with van der Waals surface area (Å²) >= 11 is 0. The van der Waals surface area contributed by atoms with Gasteiger partial charge in [-0.15, -0.1) is 0 Å². The lowest BCUT2D eigenvalue weighted by atomic mass is 10.1. The number of nitrogens with one attached hydrogen (secondary N) is 1. The Morgan fingerprint density at radius 3 is 2.00 bits per heavy atom. The normalized spacial score (nSPS) is 13.3. The highest BCUT2D eigenvalue weighted by molar-refractivity contribution is 7.90. The quantitative estimate of drug-likeness (QED) is 0.278. The van der Waals surface area contributed by atoms with Gasteiger partial charge in [-0.25, -0.2) is 12.4 Å². The van der Waals surface area contributed by atoms with Crippen molar-refractivity contribution < 1.29 is 36.9 Å². The number of morpholine rings is 1. The van der Waals surface area contributed by atoms with Gasteiger partial charge in [0.25, 0.3) is 15.9 Å². The molecule has 3 aromatic carbocycles. The van der Waals surface area contributed by atoms with Crippen LogP contribution in [0.2, 0.25) is 0 Å². The molecule has 43 heavy (non-hydrogen) atoms. The van der Waals surface area contributed by atoms with Crippen LogP contribution in [0.3, 0.4) is 0 Å². The van der Waals surface area contributed by atoms with E-state index < -0.39 is 15.9 Å². The molecule has 0 atom stereocenters. The number of carbonyl (C=O) groups excluding carboxylic acids is 1. The average molecular weight is 608 g/mol. The van der Waals surface area contributed by atoms with Crippen LogP contribution in [-0.2, 0) is 14.8 Å². The maximum atomic E-state index is 13.9. The van der Waals surface area contributed by atoms with Gasteiger partial charge < -0.3 is 33.9 Å². The molecule has 1 aliphatic rings. The zero-order valence-corrected chi connectivity index (χ0v) is 25.1. The van der Waals surface area contributed by atoms with Crippen molar-refractivity contribution in [1.29, 1.82) is 0 Å². The summed E-state index contributed by atoms with van der Waals surface area (Å²) in [5, 5.41) is 2.87. The zero-order valence-electron chi connectivity index (χ0n) is 24.3. The molecule has 4 aromatic rings. The number of methoxy groups -OCH3 is 4. The van der Waals surface area contributed by atoms with E-state index in [1.54, 1.807) is 24.3 Å². The van der Waals surface area contributed by atoms with Crippen molar-refractivity contribution in [3.63, 3.8) is 0 Å². The average Bonchev–Trinajstić information content (AvgIpc) is 3.52. The van der Waals surface area contributed by atoms with E-state index in [0.717, 1.165) is 22.7 Å². The van der Waals surface area contributed by atoms with Crippen LogP contribution in [-0.4, -0.2) is 73.0 Å². The Hall–Kier alpha value is -4.68. The van der Waals surface area contributed by atoms with E-state index in [1.165, 1.54) is 52.8 Å². The molecule has 0 radical (unpaired) electrons. The van der Waals surface area contributed by atoms with Gasteiger partial charge in [-0.3, -0.25) is 4.79 Å². The number of carbonyl (C=O) groups is 1. The number of nitrogens with zero attached hydrogens (tertiary/aromatic N) is 2. The second-order valence-electron chi connectivity index (χ2n) is 9.60. The maximum absolute atomic E-state index is 13.9. The Labute approximate surface area is 250 Å². The predicted octanol–water partition coefficient (Wildman–Crippen LogP) is 4.52. The molecule has 11 nitrogen and oxygen atoms in total. The smallest absolute Gasteiger partial charge is 0.268 e. The van der Waals surface area contributed by atoms with Crippen molar-refractivity contribution in [2.75, 3.05) is 65.0 Å². The lowest BCUT2D eigenvalue weighted by molar-refractivity contribution is 0.102. The molecule has 12 heteroatoms. The molecular formula is C31H33N3O8S. The molecule has 1 fully saturated rings. The van der Waals surface area contributed by atoms with Crippen molar-refractivity contribution in [2.24, 2.45) is 0 Å². The first-order valence-electron chi connectivity index (χ1n) is 13.5. The van der Waals surface area contributed by atoms with Gasteiger partial charge in [-0.1, -0.05) is 0 Å². The van der Waals surface area contributed by atoms with Crippen molar-refractivity contribution in [3.05, 3.63) is 78.5 Å². The molecule has 2 heterocycles. The SMILES string of the molecule is COc1ccc(S(=O)(=O)n2cc(C(=O)Nc3ccc(N4CCOCC4)cc3)cc2-c2cc(OC)c(OC)c(OC)c2)cc1. The summed E-state index contributed by atoms with van der Waals surface area (Å²) in [5.41, 5.74) is 2.39. The summed E-state index contributed by atoms with van der Waals surface area (Å²) in [7, 11) is 1.77. The molecule has 1 saturated heterocycles. The Balaban J connectivity index is 1.54. The number of hydrogen-bond donors (Lipinski definition) is 1. The van der Waals surface area contributed by atoms with E-state index in [2.05, 4.69) is 10.2 Å². The monoisotopic (exact) mass is 607 g/mol. The van der Waals surface area contributed by atoms with Crippen LogP contribution < -0.4 is 29.2 Å². The number of anilines is 2. The third kappa shape index (κ3) is 6.11. The fourth-order valence-corrected chi connectivity index (χ4v) is 6.22. The van der Waals surface area contributed by atoms with Crippen LogP contribution in [0.25, 0.3) is 11.3 Å². The second kappa shape index (κ2) is 12.7. The summed E-state index contributed by atoms with van der Waals surface area (Å²) in [4.78, 5) is 15.7. The first-order chi connectivity index (χ1) is 20.8. The number of aromatic nitrogens is 1. The highest BCUT2D eigenvalue weighted by atomic mass is 32.2. The van der Waals surface area contributed by atoms with Gasteiger partial charge >= 0.3 is 0 Å². The first kappa shape index (κ1) is 29.8. The Morgan fingerprint density at radius 1 is 0.814 bits per heavy atom. The van der Waals surface area contributed by atoms with Crippen LogP contribution in [0.4, 0.5) is 11.4 Å².